The van der Waals surface area contributed by atoms with E-state index in [1.54, 1.807) is 48.5 Å². The number of hydrogen-bond acceptors (Lipinski definition) is 7. The number of esters is 2. The number of carbonyl (C=O) groups is 2. The average Bonchev–Trinajstić information content (AvgIpc) is 3.32. The molecule has 0 saturated heterocycles. The molecule has 0 fully saturated rings. The topological polar surface area (TPSA) is 84.0 Å². The molecule has 0 aliphatic carbocycles. The molecule has 1 heterocycles. The van der Waals surface area contributed by atoms with Gasteiger partial charge in [0.1, 0.15) is 23.0 Å². The number of aromatic nitrogens is 1. The highest BCUT2D eigenvalue weighted by molar-refractivity contribution is 5.92. The lowest BCUT2D eigenvalue weighted by Crippen LogP contribution is -2.08. The van der Waals surface area contributed by atoms with E-state index in [0.717, 1.165) is 82.3 Å². The summed E-state index contributed by atoms with van der Waals surface area (Å²) in [5.74, 6) is 1.74. The number of benzene rings is 6. The van der Waals surface area contributed by atoms with Gasteiger partial charge in [-0.1, -0.05) is 107 Å². The van der Waals surface area contributed by atoms with Gasteiger partial charge in [-0.2, -0.15) is 0 Å². The van der Waals surface area contributed by atoms with Gasteiger partial charge in [-0.15, -0.1) is 0 Å². The van der Waals surface area contributed by atoms with Crippen LogP contribution in [0.25, 0.3) is 44.8 Å². The lowest BCUT2D eigenvalue weighted by Gasteiger charge is -2.09. The minimum absolute atomic E-state index is 0.431. The third kappa shape index (κ3) is 12.1. The molecule has 0 saturated carbocycles. The summed E-state index contributed by atoms with van der Waals surface area (Å²) < 4.78 is 23.2. The van der Waals surface area contributed by atoms with Crippen molar-refractivity contribution in [1.29, 1.82) is 0 Å². The van der Waals surface area contributed by atoms with Crippen LogP contribution in [0, 0.1) is 0 Å². The second-order valence-corrected chi connectivity index (χ2v) is 15.3. The van der Waals surface area contributed by atoms with E-state index in [1.807, 2.05) is 115 Å². The Balaban J connectivity index is 0.891. The van der Waals surface area contributed by atoms with Crippen LogP contribution < -0.4 is 18.9 Å². The van der Waals surface area contributed by atoms with Gasteiger partial charge in [0.25, 0.3) is 0 Å². The van der Waals surface area contributed by atoms with Crippen molar-refractivity contribution in [3.8, 4) is 67.8 Å². The van der Waals surface area contributed by atoms with Crippen LogP contribution in [0.1, 0.15) is 85.9 Å². The molecule has 0 spiro atoms. The number of hydrogen-bond donors (Lipinski definition) is 0. The van der Waals surface area contributed by atoms with Crippen molar-refractivity contribution < 1.29 is 28.5 Å². The van der Waals surface area contributed by atoms with E-state index in [0.29, 0.717) is 22.6 Å². The van der Waals surface area contributed by atoms with Gasteiger partial charge in [0.2, 0.25) is 0 Å². The number of rotatable bonds is 20. The molecular formula is C55H53NO6. The first-order valence-corrected chi connectivity index (χ1v) is 21.7. The summed E-state index contributed by atoms with van der Waals surface area (Å²) in [6, 6.07) is 51.3. The van der Waals surface area contributed by atoms with Crippen molar-refractivity contribution in [2.75, 3.05) is 13.2 Å². The van der Waals surface area contributed by atoms with Crippen LogP contribution in [-0.2, 0) is 0 Å². The molecule has 6 aromatic carbocycles. The van der Waals surface area contributed by atoms with Crippen LogP contribution in [0.15, 0.2) is 164 Å². The predicted octanol–water partition coefficient (Wildman–Crippen LogP) is 14.1. The first kappa shape index (κ1) is 43.1. The van der Waals surface area contributed by atoms with E-state index in [1.165, 1.54) is 38.5 Å². The number of pyridine rings is 1. The maximum absolute atomic E-state index is 13.0. The van der Waals surface area contributed by atoms with E-state index in [-0.39, 0.29) is 0 Å². The normalized spacial score (nSPS) is 10.9. The van der Waals surface area contributed by atoms with Crippen molar-refractivity contribution >= 4 is 11.9 Å². The minimum Gasteiger partial charge on any atom is -0.494 e. The Hall–Kier alpha value is -6.99. The lowest BCUT2D eigenvalue weighted by atomic mass is 10.0. The fourth-order valence-corrected chi connectivity index (χ4v) is 7.00. The van der Waals surface area contributed by atoms with Gasteiger partial charge < -0.3 is 18.9 Å². The van der Waals surface area contributed by atoms with E-state index in [4.69, 9.17) is 23.9 Å². The molecule has 0 aliphatic heterocycles. The Morgan fingerprint density at radius 1 is 0.371 bits per heavy atom. The van der Waals surface area contributed by atoms with Crippen LogP contribution >= 0.6 is 0 Å². The minimum atomic E-state index is -0.431. The summed E-state index contributed by atoms with van der Waals surface area (Å²) >= 11 is 0. The van der Waals surface area contributed by atoms with E-state index in [2.05, 4.69) is 13.8 Å². The second kappa shape index (κ2) is 22.0. The van der Waals surface area contributed by atoms with Crippen LogP contribution in [0.3, 0.4) is 0 Å². The molecule has 0 bridgehead atoms. The molecule has 314 valence electrons. The summed E-state index contributed by atoms with van der Waals surface area (Å²) in [5, 5.41) is 0. The second-order valence-electron chi connectivity index (χ2n) is 15.3. The van der Waals surface area contributed by atoms with E-state index in [9.17, 15) is 9.59 Å². The van der Waals surface area contributed by atoms with Crippen LogP contribution in [0.2, 0.25) is 0 Å². The summed E-state index contributed by atoms with van der Waals surface area (Å²) in [4.78, 5) is 30.9. The van der Waals surface area contributed by atoms with Gasteiger partial charge in [-0.05, 0) is 144 Å². The molecule has 0 radical (unpaired) electrons. The zero-order chi connectivity index (χ0) is 42.9. The standard InChI is InChI=1S/C55H53NO6/c1-3-5-7-9-38-59-48-30-22-42(23-31-48)40-14-18-46(19-15-40)54(57)61-50-34-26-44(27-35-50)52-12-11-13-53(56-52)45-28-36-51(37-29-45)62-55(58)47-20-16-41(17-21-47)43-24-32-49(33-25-43)60-39-10-8-6-4-2/h11-37H,3-10,38-39H2,1-2H3. The van der Waals surface area contributed by atoms with Crippen LogP contribution in [0.4, 0.5) is 0 Å². The summed E-state index contributed by atoms with van der Waals surface area (Å²) in [6.45, 7) is 5.86. The highest BCUT2D eigenvalue weighted by Crippen LogP contribution is 2.29. The lowest BCUT2D eigenvalue weighted by molar-refractivity contribution is 0.0725. The summed E-state index contributed by atoms with van der Waals surface area (Å²) in [5.41, 5.74) is 8.31. The SMILES string of the molecule is CCCCCCOc1ccc(-c2ccc(C(=O)Oc3ccc(-c4cccc(-c5ccc(OC(=O)c6ccc(-c7ccc(OCCCCCC)cc7)cc6)cc5)n4)cc3)cc2)cc1. The molecule has 0 amide bonds. The van der Waals surface area contributed by atoms with Crippen molar-refractivity contribution in [2.24, 2.45) is 0 Å². The van der Waals surface area contributed by atoms with Crippen molar-refractivity contribution in [3.05, 3.63) is 175 Å². The molecule has 0 N–H and O–H groups in total. The maximum atomic E-state index is 13.0. The third-order valence-corrected chi connectivity index (χ3v) is 10.6. The van der Waals surface area contributed by atoms with Gasteiger partial charge in [-0.25, -0.2) is 14.6 Å². The van der Waals surface area contributed by atoms with Crippen LogP contribution in [0.5, 0.6) is 23.0 Å². The molecule has 7 nitrogen and oxygen atoms in total. The van der Waals surface area contributed by atoms with Gasteiger partial charge in [0.15, 0.2) is 0 Å². The molecule has 0 aliphatic rings. The van der Waals surface area contributed by atoms with E-state index < -0.39 is 11.9 Å². The number of ether oxygens (including phenoxy) is 4. The van der Waals surface area contributed by atoms with Crippen LogP contribution in [-0.4, -0.2) is 30.1 Å². The molecule has 7 heteroatoms. The predicted molar refractivity (Wildman–Crippen MR) is 248 cm³/mol. The number of carbonyl (C=O) groups excluding carboxylic acids is 2. The Kier molecular flexibility index (Phi) is 15.3. The Labute approximate surface area is 365 Å². The molecule has 1 aromatic heterocycles. The highest BCUT2D eigenvalue weighted by atomic mass is 16.5. The number of nitrogens with zero attached hydrogens (tertiary/aromatic N) is 1. The zero-order valence-corrected chi connectivity index (χ0v) is 35.6. The smallest absolute Gasteiger partial charge is 0.343 e. The Morgan fingerprint density at radius 2 is 0.694 bits per heavy atom. The van der Waals surface area contributed by atoms with Gasteiger partial charge in [0, 0.05) is 11.1 Å². The van der Waals surface area contributed by atoms with Crippen molar-refractivity contribution in [3.63, 3.8) is 0 Å². The monoisotopic (exact) mass is 823 g/mol. The zero-order valence-electron chi connectivity index (χ0n) is 35.6. The quantitative estimate of drug-likeness (QED) is 0.0430. The molecule has 7 rings (SSSR count). The number of unbranched alkanes of at least 4 members (excludes halogenated alkanes) is 6. The molecule has 0 atom stereocenters. The summed E-state index contributed by atoms with van der Waals surface area (Å²) in [6.07, 6.45) is 9.39. The van der Waals surface area contributed by atoms with Gasteiger partial charge >= 0.3 is 11.9 Å². The molecular weight excluding hydrogens is 771 g/mol. The maximum Gasteiger partial charge on any atom is 0.343 e. The largest absolute Gasteiger partial charge is 0.494 e. The van der Waals surface area contributed by atoms with Crippen molar-refractivity contribution in [1.82, 2.24) is 4.98 Å². The highest BCUT2D eigenvalue weighted by Gasteiger charge is 2.13. The molecule has 62 heavy (non-hydrogen) atoms. The Bertz CT molecular complexity index is 2300. The summed E-state index contributed by atoms with van der Waals surface area (Å²) in [7, 11) is 0. The first-order valence-electron chi connectivity index (χ1n) is 21.7. The fraction of sp³-hybridized carbons (Fsp3) is 0.218. The third-order valence-electron chi connectivity index (χ3n) is 10.6. The van der Waals surface area contributed by atoms with Gasteiger partial charge in [0.05, 0.1) is 35.7 Å². The van der Waals surface area contributed by atoms with E-state index >= 15 is 0 Å². The fourth-order valence-electron chi connectivity index (χ4n) is 7.00. The molecule has 7 aromatic rings. The first-order chi connectivity index (χ1) is 30.4. The Morgan fingerprint density at radius 3 is 1.05 bits per heavy atom. The average molecular weight is 824 g/mol. The van der Waals surface area contributed by atoms with Gasteiger partial charge in [-0.3, -0.25) is 0 Å². The molecule has 0 unspecified atom stereocenters. The van der Waals surface area contributed by atoms with Crippen molar-refractivity contribution in [2.45, 2.75) is 65.2 Å².